The molecule has 10 atom stereocenters. The zero-order valence-electron chi connectivity index (χ0n) is 80.6. The minimum absolute atomic E-state index is 0.119. The lowest BCUT2D eigenvalue weighted by Gasteiger charge is -2.22. The first-order valence-corrected chi connectivity index (χ1v) is 49.4. The molecule has 0 spiro atoms. The molecule has 8 aromatic heterocycles. The van der Waals surface area contributed by atoms with E-state index < -0.39 is 36.2 Å². The van der Waals surface area contributed by atoms with Gasteiger partial charge in [-0.1, -0.05) is 0 Å². The second-order valence-corrected chi connectivity index (χ2v) is 44.1. The number of aryl methyl sites for hydroxylation is 4. The molecule has 12 heterocycles. The number of aliphatic hydroxyl groups excluding tert-OH is 4. The molecule has 0 bridgehead atoms. The lowest BCUT2D eigenvalue weighted by atomic mass is 10.1. The maximum Gasteiger partial charge on any atom is 0.280 e. The van der Waals surface area contributed by atoms with Gasteiger partial charge >= 0.3 is 0 Å². The number of carbonyl (C=O) groups excluding carboxylic acids is 8. The van der Waals surface area contributed by atoms with Gasteiger partial charge in [-0.3, -0.25) is 38.4 Å². The number of likely N-dealkylation sites (tertiary alicyclic amines) is 4. The van der Waals surface area contributed by atoms with Crippen molar-refractivity contribution < 1.29 is 58.8 Å². The van der Waals surface area contributed by atoms with Crippen molar-refractivity contribution in [2.24, 2.45) is 0 Å². The first kappa shape index (κ1) is 102. The van der Waals surface area contributed by atoms with Gasteiger partial charge in [-0.2, -0.15) is 0 Å². The number of aliphatic hydroxyl groups is 4. The van der Waals surface area contributed by atoms with E-state index in [-0.39, 0.29) is 138 Å². The van der Waals surface area contributed by atoms with Gasteiger partial charge in [0.25, 0.3) is 47.3 Å². The predicted molar refractivity (Wildman–Crippen MR) is 523 cm³/mol. The third kappa shape index (κ3) is 26.5. The van der Waals surface area contributed by atoms with Crippen LogP contribution in [0.2, 0.25) is 0 Å². The van der Waals surface area contributed by atoms with Crippen LogP contribution in [0.15, 0.2) is 49.1 Å². The number of thiazole rings is 4. The molecule has 716 valence electrons. The molecule has 6 aliphatic rings. The molecule has 32 nitrogen and oxygen atoms in total. The van der Waals surface area contributed by atoms with E-state index >= 15 is 0 Å². The van der Waals surface area contributed by atoms with Gasteiger partial charge in [-0.05, 0) is 289 Å². The van der Waals surface area contributed by atoms with Gasteiger partial charge in [-0.25, -0.2) is 39.9 Å². The van der Waals surface area contributed by atoms with Gasteiger partial charge in [-0.15, -0.1) is 45.3 Å². The van der Waals surface area contributed by atoms with E-state index in [1.54, 1.807) is 38.6 Å². The van der Waals surface area contributed by atoms with Gasteiger partial charge in [0, 0.05) is 132 Å². The van der Waals surface area contributed by atoms with Crippen molar-refractivity contribution in [3.05, 3.63) is 114 Å². The zero-order valence-corrected chi connectivity index (χ0v) is 83.9. The van der Waals surface area contributed by atoms with Gasteiger partial charge in [0.2, 0.25) is 0 Å². The molecule has 4 aliphatic heterocycles. The van der Waals surface area contributed by atoms with Crippen LogP contribution in [-0.4, -0.2) is 249 Å². The summed E-state index contributed by atoms with van der Waals surface area (Å²) >= 11 is 4.79. The molecule has 8 amide bonds. The van der Waals surface area contributed by atoms with Gasteiger partial charge in [0.15, 0.2) is 20.0 Å². The Morgan fingerprint density at radius 3 is 0.864 bits per heavy atom. The standard InChI is InChI=1S/2C25H35N5O3S.2C23H33N5O3S/c2*1-14-12-19(29-25(3,4)5)26-13-16(14)21-20(24(33)30-11-7-8-15(30)2)28-23(34-21)22(32)27-17-9-6-10-18(17)31;1-13-10-17(27-23(4,5)6)24-11-16(13)19-18(22(31)28-9-7-8-15(28)3)26-21(32-19)20(30)25-14(2)12-29;1-13-10-17(27-23(4,5)6)24-12-16(13)19-18(22(31)28-9-7-8-14(28)2)26-21(32-19)20(30)25-11-15(3)29/h2*12-13,15,17-18,31H,6-11H2,1-5H3,(H,26,29)(H,27,32);10-11,14-15,29H,7-9,12H2,1-6H3,(H,24,27)(H,25,30);10,12,14-15,29H,7-9,11H2,1-6H3,(H,24,27)(H,25,30)/t15-,17?,18?;15-,17+,18+;14-,15+;14-,15?/m0010/s1. The van der Waals surface area contributed by atoms with E-state index in [0.717, 1.165) is 145 Å². The van der Waals surface area contributed by atoms with Crippen molar-refractivity contribution in [1.82, 2.24) is 80.7 Å². The molecule has 2 saturated carbocycles. The summed E-state index contributed by atoms with van der Waals surface area (Å²) in [5, 5.41) is 64.5. The van der Waals surface area contributed by atoms with E-state index in [1.165, 1.54) is 45.3 Å². The number of pyridine rings is 4. The highest BCUT2D eigenvalue weighted by Gasteiger charge is 2.40. The third-order valence-electron chi connectivity index (χ3n) is 23.6. The maximum atomic E-state index is 13.5. The minimum atomic E-state index is -0.667. The SMILES string of the molecule is Cc1cc(NC(C)(C)C)ncc1-c1sc(C(=O)NC2CCCC2O)nc1C(=O)N1CCC[C@@H]1C.Cc1cc(NC(C)(C)C)ncc1-c1sc(C(=O)NCC(C)O)nc1C(=O)N1CCC[C@@H]1C.Cc1cc(NC(C)(C)C)ncc1-c1sc(C(=O)N[C@@H]2CCC[C@H]2O)nc1C(=O)N1CCC[C@@H]1C.Cc1cc(NC(C)(C)C)ncc1-c1sc(C(=O)N[C@H](C)CO)nc1C(=O)N1CCC[C@@H]1C. The van der Waals surface area contributed by atoms with Crippen molar-refractivity contribution in [2.45, 2.75) is 325 Å². The lowest BCUT2D eigenvalue weighted by molar-refractivity contribution is 0.0734. The molecule has 3 unspecified atom stereocenters. The fourth-order valence-electron chi connectivity index (χ4n) is 16.8. The number of aromatic nitrogens is 8. The number of hydrogen-bond donors (Lipinski definition) is 12. The van der Waals surface area contributed by atoms with Crippen molar-refractivity contribution in [2.75, 3.05) is 60.6 Å². The Labute approximate surface area is 791 Å². The first-order chi connectivity index (χ1) is 62.0. The molecule has 2 aliphatic carbocycles. The van der Waals surface area contributed by atoms with Crippen molar-refractivity contribution in [1.29, 1.82) is 0 Å². The van der Waals surface area contributed by atoms with Crippen LogP contribution in [0, 0.1) is 27.7 Å². The average Bonchev–Trinajstić information content (AvgIpc) is 1.62. The molecule has 36 heteroatoms. The summed E-state index contributed by atoms with van der Waals surface area (Å²) in [5.41, 5.74) is 7.60. The summed E-state index contributed by atoms with van der Waals surface area (Å²) in [6.45, 7) is 46.9. The summed E-state index contributed by atoms with van der Waals surface area (Å²) in [6.07, 6.45) is 17.5. The molecule has 14 rings (SSSR count). The van der Waals surface area contributed by atoms with Crippen molar-refractivity contribution >= 4 is 116 Å². The van der Waals surface area contributed by atoms with E-state index in [2.05, 4.69) is 165 Å². The number of anilines is 4. The second-order valence-electron chi connectivity index (χ2n) is 40.1. The Morgan fingerprint density at radius 1 is 0.394 bits per heavy atom. The van der Waals surface area contributed by atoms with E-state index in [9.17, 15) is 58.8 Å². The van der Waals surface area contributed by atoms with E-state index in [0.29, 0.717) is 69.9 Å². The maximum absolute atomic E-state index is 13.5. The molecule has 0 radical (unpaired) electrons. The quantitative estimate of drug-likeness (QED) is 0.0300. The Hall–Kier alpha value is -10.1. The monoisotopic (exact) mass is 1890 g/mol. The zero-order chi connectivity index (χ0) is 96.5. The van der Waals surface area contributed by atoms with Gasteiger partial charge in [0.1, 0.15) is 46.0 Å². The molecule has 8 aromatic rings. The number of rotatable bonds is 22. The number of hydrogen-bond acceptors (Lipinski definition) is 28. The number of nitrogens with one attached hydrogen (secondary N) is 8. The van der Waals surface area contributed by atoms with Crippen LogP contribution >= 0.6 is 45.3 Å². The Morgan fingerprint density at radius 2 is 0.652 bits per heavy atom. The predicted octanol–water partition coefficient (Wildman–Crippen LogP) is 14.9. The van der Waals surface area contributed by atoms with E-state index in [4.69, 9.17) is 0 Å². The number of carbonyl (C=O) groups is 8. The second kappa shape index (κ2) is 43.5. The topological polar surface area (TPSA) is 430 Å². The Bertz CT molecular complexity index is 5300. The van der Waals surface area contributed by atoms with Crippen molar-refractivity contribution in [3.8, 4) is 41.8 Å². The first-order valence-electron chi connectivity index (χ1n) is 46.2. The summed E-state index contributed by atoms with van der Waals surface area (Å²) in [6, 6.07) is 7.43. The Kier molecular flexibility index (Phi) is 33.8. The third-order valence-corrected chi connectivity index (χ3v) is 27.9. The molecule has 132 heavy (non-hydrogen) atoms. The molecule has 6 fully saturated rings. The molecular formula is C96H136N20O12S4. The highest BCUT2D eigenvalue weighted by atomic mass is 32.1. The summed E-state index contributed by atoms with van der Waals surface area (Å²) in [5.74, 6) is 0.909. The fourth-order valence-corrected chi connectivity index (χ4v) is 20.9. The molecule has 4 saturated heterocycles. The van der Waals surface area contributed by atoms with Gasteiger partial charge in [0.05, 0.1) is 56.5 Å². The Balaban J connectivity index is 0.000000170. The van der Waals surface area contributed by atoms with Crippen molar-refractivity contribution in [3.63, 3.8) is 0 Å². The van der Waals surface area contributed by atoms with Gasteiger partial charge < -0.3 is 82.6 Å². The van der Waals surface area contributed by atoms with Crippen LogP contribution in [0.3, 0.4) is 0 Å². The highest BCUT2D eigenvalue weighted by Crippen LogP contribution is 2.42. The molecular weight excluding hydrogens is 1750 g/mol. The van der Waals surface area contributed by atoms with E-state index in [1.807, 2.05) is 99.3 Å². The summed E-state index contributed by atoms with van der Waals surface area (Å²) in [7, 11) is 0. The lowest BCUT2D eigenvalue weighted by Crippen LogP contribution is -2.40. The number of amides is 8. The molecule has 12 N–H and O–H groups in total. The average molecular weight is 1890 g/mol. The summed E-state index contributed by atoms with van der Waals surface area (Å²) in [4.78, 5) is 151. The van der Waals surface area contributed by atoms with Crippen LogP contribution in [0.4, 0.5) is 23.3 Å². The number of nitrogens with zero attached hydrogens (tertiary/aromatic N) is 12. The summed E-state index contributed by atoms with van der Waals surface area (Å²) < 4.78 is 0. The van der Waals surface area contributed by atoms with Crippen LogP contribution in [0.1, 0.15) is 318 Å². The van der Waals surface area contributed by atoms with Crippen LogP contribution in [0.25, 0.3) is 41.8 Å². The largest absolute Gasteiger partial charge is 0.394 e. The smallest absolute Gasteiger partial charge is 0.280 e. The van der Waals surface area contributed by atoms with Crippen LogP contribution < -0.4 is 42.5 Å². The fraction of sp³-hybridized carbons (Fsp3) is 0.583. The van der Waals surface area contributed by atoms with Crippen LogP contribution in [-0.2, 0) is 0 Å². The highest BCUT2D eigenvalue weighted by molar-refractivity contribution is 7.18. The molecule has 0 aromatic carbocycles. The normalized spacial score (nSPS) is 20.1. The minimum Gasteiger partial charge on any atom is -0.394 e. The van der Waals surface area contributed by atoms with Crippen LogP contribution in [0.5, 0.6) is 0 Å².